The van der Waals surface area contributed by atoms with Crippen molar-refractivity contribution in [2.75, 3.05) is 12.3 Å². The summed E-state index contributed by atoms with van der Waals surface area (Å²) in [6.07, 6.45) is 2.64. The number of benzene rings is 1. The zero-order valence-electron chi connectivity index (χ0n) is 10.2. The third kappa shape index (κ3) is 2.78. The maximum absolute atomic E-state index is 5.72. The molecule has 0 atom stereocenters. The molecule has 0 bridgehead atoms. The van der Waals surface area contributed by atoms with Gasteiger partial charge in [0.15, 0.2) is 0 Å². The zero-order valence-corrected chi connectivity index (χ0v) is 10.2. The molecule has 0 aliphatic rings. The van der Waals surface area contributed by atoms with Crippen molar-refractivity contribution in [1.82, 2.24) is 9.78 Å². The number of rotatable bonds is 4. The molecule has 1 aromatic carbocycles. The Morgan fingerprint density at radius 2 is 2.18 bits per heavy atom. The van der Waals surface area contributed by atoms with E-state index in [1.807, 2.05) is 42.9 Å². The Morgan fingerprint density at radius 3 is 2.82 bits per heavy atom. The van der Waals surface area contributed by atoms with Crippen LogP contribution in [0.25, 0.3) is 0 Å². The molecule has 17 heavy (non-hydrogen) atoms. The average molecular weight is 231 g/mol. The Morgan fingerprint density at radius 1 is 1.35 bits per heavy atom. The SMILES string of the molecule is Cc1cc(N)ccc1OCCc1ccnn1C. The fourth-order valence-corrected chi connectivity index (χ4v) is 1.75. The second kappa shape index (κ2) is 4.91. The molecule has 2 aromatic rings. The van der Waals surface area contributed by atoms with E-state index in [9.17, 15) is 0 Å². The van der Waals surface area contributed by atoms with E-state index in [1.165, 1.54) is 0 Å². The van der Waals surface area contributed by atoms with E-state index in [4.69, 9.17) is 10.5 Å². The highest BCUT2D eigenvalue weighted by Gasteiger charge is 2.02. The van der Waals surface area contributed by atoms with Crippen LogP contribution < -0.4 is 10.5 Å². The second-order valence-corrected chi connectivity index (χ2v) is 4.07. The predicted molar refractivity (Wildman–Crippen MR) is 68.0 cm³/mol. The number of ether oxygens (including phenoxy) is 1. The zero-order chi connectivity index (χ0) is 12.3. The van der Waals surface area contributed by atoms with Crippen molar-refractivity contribution < 1.29 is 4.74 Å². The summed E-state index contributed by atoms with van der Waals surface area (Å²) in [7, 11) is 1.93. The molecule has 0 aliphatic heterocycles. The van der Waals surface area contributed by atoms with Crippen molar-refractivity contribution in [2.45, 2.75) is 13.3 Å². The van der Waals surface area contributed by atoms with E-state index >= 15 is 0 Å². The summed E-state index contributed by atoms with van der Waals surface area (Å²) in [5.74, 6) is 0.890. The molecule has 4 nitrogen and oxygen atoms in total. The molecule has 0 amide bonds. The van der Waals surface area contributed by atoms with Gasteiger partial charge in [-0.15, -0.1) is 0 Å². The van der Waals surface area contributed by atoms with Gasteiger partial charge in [0, 0.05) is 31.0 Å². The number of aromatic nitrogens is 2. The Labute approximate surface area is 101 Å². The van der Waals surface area contributed by atoms with Gasteiger partial charge in [0.2, 0.25) is 0 Å². The third-order valence-corrected chi connectivity index (χ3v) is 2.74. The number of aryl methyl sites for hydroxylation is 2. The van der Waals surface area contributed by atoms with Gasteiger partial charge < -0.3 is 10.5 Å². The lowest BCUT2D eigenvalue weighted by atomic mass is 10.2. The number of nitrogens with zero attached hydrogens (tertiary/aromatic N) is 2. The molecule has 2 N–H and O–H groups in total. The van der Waals surface area contributed by atoms with E-state index in [2.05, 4.69) is 5.10 Å². The lowest BCUT2D eigenvalue weighted by Crippen LogP contribution is -2.06. The molecule has 0 aliphatic carbocycles. The average Bonchev–Trinajstić information content (AvgIpc) is 2.68. The molecule has 0 unspecified atom stereocenters. The van der Waals surface area contributed by atoms with Gasteiger partial charge in [-0.1, -0.05) is 0 Å². The smallest absolute Gasteiger partial charge is 0.122 e. The molecule has 0 radical (unpaired) electrons. The lowest BCUT2D eigenvalue weighted by Gasteiger charge is -2.09. The largest absolute Gasteiger partial charge is 0.493 e. The number of anilines is 1. The quantitative estimate of drug-likeness (QED) is 0.818. The van der Waals surface area contributed by atoms with Crippen LogP contribution in [0.4, 0.5) is 5.69 Å². The molecule has 90 valence electrons. The molecule has 1 aromatic heterocycles. The van der Waals surface area contributed by atoms with Crippen molar-refractivity contribution in [2.24, 2.45) is 7.05 Å². The summed E-state index contributed by atoms with van der Waals surface area (Å²) in [6, 6.07) is 7.68. The first kappa shape index (κ1) is 11.5. The van der Waals surface area contributed by atoms with Crippen LogP contribution in [-0.4, -0.2) is 16.4 Å². The Kier molecular flexibility index (Phi) is 3.32. The predicted octanol–water partition coefficient (Wildman–Crippen LogP) is 1.93. The summed E-state index contributed by atoms with van der Waals surface area (Å²) >= 11 is 0. The maximum atomic E-state index is 5.72. The van der Waals surface area contributed by atoms with Crippen LogP contribution in [0.1, 0.15) is 11.3 Å². The number of nitrogens with two attached hydrogens (primary N) is 1. The fraction of sp³-hybridized carbons (Fsp3) is 0.308. The third-order valence-electron chi connectivity index (χ3n) is 2.74. The van der Waals surface area contributed by atoms with Gasteiger partial charge in [0.05, 0.1) is 6.61 Å². The van der Waals surface area contributed by atoms with Crippen LogP contribution in [0.3, 0.4) is 0 Å². The van der Waals surface area contributed by atoms with Crippen LogP contribution >= 0.6 is 0 Å². The van der Waals surface area contributed by atoms with Gasteiger partial charge in [-0.05, 0) is 36.8 Å². The van der Waals surface area contributed by atoms with Crippen molar-refractivity contribution >= 4 is 5.69 Å². The lowest BCUT2D eigenvalue weighted by molar-refractivity contribution is 0.316. The number of hydrogen-bond acceptors (Lipinski definition) is 3. The molecule has 1 heterocycles. The standard InChI is InChI=1S/C13H17N3O/c1-10-9-11(14)3-4-13(10)17-8-6-12-5-7-15-16(12)2/h3-5,7,9H,6,8,14H2,1-2H3. The molecule has 0 saturated carbocycles. The van der Waals surface area contributed by atoms with Crippen LogP contribution in [0.15, 0.2) is 30.5 Å². The van der Waals surface area contributed by atoms with Crippen molar-refractivity contribution in [1.29, 1.82) is 0 Å². The van der Waals surface area contributed by atoms with E-state index in [-0.39, 0.29) is 0 Å². The molecule has 2 rings (SSSR count). The minimum atomic E-state index is 0.643. The van der Waals surface area contributed by atoms with Gasteiger partial charge in [-0.2, -0.15) is 5.10 Å². The summed E-state index contributed by atoms with van der Waals surface area (Å²) in [5, 5.41) is 4.12. The highest BCUT2D eigenvalue weighted by atomic mass is 16.5. The van der Waals surface area contributed by atoms with Crippen LogP contribution in [-0.2, 0) is 13.5 Å². The molecular formula is C13H17N3O. The number of hydrogen-bond donors (Lipinski definition) is 1. The topological polar surface area (TPSA) is 53.1 Å². The molecule has 0 spiro atoms. The van der Waals surface area contributed by atoms with E-state index in [0.717, 1.165) is 29.1 Å². The molecule has 4 heteroatoms. The van der Waals surface area contributed by atoms with Gasteiger partial charge in [0.25, 0.3) is 0 Å². The van der Waals surface area contributed by atoms with Gasteiger partial charge in [-0.25, -0.2) is 0 Å². The van der Waals surface area contributed by atoms with E-state index < -0.39 is 0 Å². The van der Waals surface area contributed by atoms with Gasteiger partial charge in [0.1, 0.15) is 5.75 Å². The van der Waals surface area contributed by atoms with Crippen LogP contribution in [0.2, 0.25) is 0 Å². The first-order valence-electron chi connectivity index (χ1n) is 5.62. The minimum Gasteiger partial charge on any atom is -0.493 e. The normalized spacial score (nSPS) is 10.5. The van der Waals surface area contributed by atoms with Crippen molar-refractivity contribution in [3.05, 3.63) is 41.7 Å². The summed E-state index contributed by atoms with van der Waals surface area (Å²) in [6.45, 7) is 2.64. The van der Waals surface area contributed by atoms with E-state index in [0.29, 0.717) is 6.61 Å². The Balaban J connectivity index is 1.92. The monoisotopic (exact) mass is 231 g/mol. The summed E-state index contributed by atoms with van der Waals surface area (Å²) in [4.78, 5) is 0. The van der Waals surface area contributed by atoms with E-state index in [1.54, 1.807) is 6.20 Å². The van der Waals surface area contributed by atoms with Crippen LogP contribution in [0.5, 0.6) is 5.75 Å². The summed E-state index contributed by atoms with van der Waals surface area (Å²) < 4.78 is 7.58. The Hall–Kier alpha value is -1.97. The minimum absolute atomic E-state index is 0.643. The van der Waals surface area contributed by atoms with Gasteiger partial charge >= 0.3 is 0 Å². The fourth-order valence-electron chi connectivity index (χ4n) is 1.75. The first-order chi connectivity index (χ1) is 8.16. The van der Waals surface area contributed by atoms with Gasteiger partial charge in [-0.3, -0.25) is 4.68 Å². The summed E-state index contributed by atoms with van der Waals surface area (Å²) in [5.41, 5.74) is 8.68. The Bertz CT molecular complexity index is 505. The molecular weight excluding hydrogens is 214 g/mol. The first-order valence-corrected chi connectivity index (χ1v) is 5.62. The molecule has 0 saturated heterocycles. The second-order valence-electron chi connectivity index (χ2n) is 4.07. The highest BCUT2D eigenvalue weighted by molar-refractivity contribution is 5.47. The van der Waals surface area contributed by atoms with Crippen molar-refractivity contribution in [3.63, 3.8) is 0 Å². The van der Waals surface area contributed by atoms with Crippen LogP contribution in [0, 0.1) is 6.92 Å². The van der Waals surface area contributed by atoms with Crippen molar-refractivity contribution in [3.8, 4) is 5.75 Å². The molecule has 0 fully saturated rings. The highest BCUT2D eigenvalue weighted by Crippen LogP contribution is 2.20. The maximum Gasteiger partial charge on any atom is 0.122 e. The number of nitrogen functional groups attached to an aromatic ring is 1.